The molecule has 0 aliphatic carbocycles. The van der Waals surface area contributed by atoms with Gasteiger partial charge in [0.05, 0.1) is 16.8 Å². The molecule has 0 spiro atoms. The van der Waals surface area contributed by atoms with Gasteiger partial charge < -0.3 is 9.30 Å². The first-order valence-corrected chi connectivity index (χ1v) is 10.4. The van der Waals surface area contributed by atoms with Crippen LogP contribution in [0.5, 0.6) is 0 Å². The number of amides is 1. The summed E-state index contributed by atoms with van der Waals surface area (Å²) >= 11 is 2.73. The minimum Gasteiger partial charge on any atom is -0.383 e. The smallest absolute Gasteiger partial charge is 0.279 e. The summed E-state index contributed by atoms with van der Waals surface area (Å²) < 4.78 is 35.0. The van der Waals surface area contributed by atoms with E-state index in [4.69, 9.17) is 4.74 Å². The second kappa shape index (κ2) is 8.98. The number of rotatable bonds is 6. The number of ether oxygens (including phenoxy) is 1. The van der Waals surface area contributed by atoms with Gasteiger partial charge in [-0.25, -0.2) is 8.78 Å². The molecule has 2 aromatic carbocycles. The lowest BCUT2D eigenvalue weighted by atomic mass is 10.2. The number of fused-ring (bicyclic) bond motifs is 1. The van der Waals surface area contributed by atoms with Crippen molar-refractivity contribution < 1.29 is 18.3 Å². The summed E-state index contributed by atoms with van der Waals surface area (Å²) in [7, 11) is 1.53. The van der Waals surface area contributed by atoms with Gasteiger partial charge in [-0.2, -0.15) is 4.99 Å². The quantitative estimate of drug-likeness (QED) is 0.533. The number of carbonyl (C=O) groups excluding carboxylic acids is 1. The van der Waals surface area contributed by atoms with Crippen molar-refractivity contribution in [2.45, 2.75) is 30.5 Å². The van der Waals surface area contributed by atoms with Crippen LogP contribution in [0.2, 0.25) is 0 Å². The van der Waals surface area contributed by atoms with Crippen LogP contribution in [-0.2, 0) is 11.3 Å². The summed E-state index contributed by atoms with van der Waals surface area (Å²) in [5.74, 6) is -1.78. The first-order chi connectivity index (χ1) is 13.4. The van der Waals surface area contributed by atoms with E-state index in [2.05, 4.69) is 18.8 Å². The van der Waals surface area contributed by atoms with Gasteiger partial charge in [0.15, 0.2) is 10.6 Å². The standard InChI is InChI=1S/C20H20F2N2O2S2/c1-12(2)27-15-6-4-5-13(9-15)19(25)23-20-24(7-8-26-3)18-16(22)10-14(21)11-17(18)28-20/h4-6,9-12H,7-8H2,1-3H3. The Morgan fingerprint density at radius 1 is 1.29 bits per heavy atom. The van der Waals surface area contributed by atoms with Crippen molar-refractivity contribution in [2.24, 2.45) is 4.99 Å². The number of nitrogens with zero attached hydrogens (tertiary/aromatic N) is 2. The van der Waals surface area contributed by atoms with Gasteiger partial charge in [-0.1, -0.05) is 31.3 Å². The number of thioether (sulfide) groups is 1. The normalized spacial score (nSPS) is 12.3. The molecule has 0 aliphatic rings. The van der Waals surface area contributed by atoms with Crippen LogP contribution in [0.25, 0.3) is 10.2 Å². The molecule has 1 heterocycles. The Morgan fingerprint density at radius 3 is 2.79 bits per heavy atom. The lowest BCUT2D eigenvalue weighted by Gasteiger charge is -2.06. The topological polar surface area (TPSA) is 43.6 Å². The van der Waals surface area contributed by atoms with Gasteiger partial charge in [0, 0.05) is 35.4 Å². The zero-order chi connectivity index (χ0) is 20.3. The molecule has 0 saturated carbocycles. The highest BCUT2D eigenvalue weighted by Crippen LogP contribution is 2.24. The van der Waals surface area contributed by atoms with Crippen LogP contribution in [0.1, 0.15) is 24.2 Å². The summed E-state index contributed by atoms with van der Waals surface area (Å²) in [6.07, 6.45) is 0. The third-order valence-corrected chi connectivity index (χ3v) is 5.89. The number of benzene rings is 2. The number of aromatic nitrogens is 1. The monoisotopic (exact) mass is 422 g/mol. The van der Waals surface area contributed by atoms with Crippen molar-refractivity contribution in [1.29, 1.82) is 0 Å². The highest BCUT2D eigenvalue weighted by atomic mass is 32.2. The van der Waals surface area contributed by atoms with Crippen molar-refractivity contribution in [3.8, 4) is 0 Å². The summed E-state index contributed by atoms with van der Waals surface area (Å²) in [6.45, 7) is 4.76. The summed E-state index contributed by atoms with van der Waals surface area (Å²) in [5.41, 5.74) is 0.673. The Kier molecular flexibility index (Phi) is 6.64. The van der Waals surface area contributed by atoms with Crippen LogP contribution >= 0.6 is 23.1 Å². The molecule has 0 unspecified atom stereocenters. The van der Waals surface area contributed by atoms with E-state index in [0.717, 1.165) is 22.3 Å². The first kappa shape index (κ1) is 20.7. The molecule has 0 aliphatic heterocycles. The Morgan fingerprint density at radius 2 is 2.07 bits per heavy atom. The summed E-state index contributed by atoms with van der Waals surface area (Å²) in [5, 5.41) is 0.388. The van der Waals surface area contributed by atoms with Gasteiger partial charge in [0.25, 0.3) is 5.91 Å². The predicted molar refractivity (Wildman–Crippen MR) is 109 cm³/mol. The molecule has 3 rings (SSSR count). The van der Waals surface area contributed by atoms with E-state index in [9.17, 15) is 13.6 Å². The third-order valence-electron chi connectivity index (χ3n) is 3.86. The van der Waals surface area contributed by atoms with E-state index in [0.29, 0.717) is 33.5 Å². The van der Waals surface area contributed by atoms with Gasteiger partial charge in [0.2, 0.25) is 0 Å². The SMILES string of the molecule is COCCn1c(=NC(=O)c2cccc(SC(C)C)c2)sc2cc(F)cc(F)c21. The highest BCUT2D eigenvalue weighted by Gasteiger charge is 2.14. The van der Waals surface area contributed by atoms with Gasteiger partial charge in [-0.05, 0) is 24.3 Å². The lowest BCUT2D eigenvalue weighted by molar-refractivity contribution is 0.0997. The van der Waals surface area contributed by atoms with Crippen molar-refractivity contribution in [2.75, 3.05) is 13.7 Å². The Hall–Kier alpha value is -2.03. The molecular formula is C20H20F2N2O2S2. The Bertz CT molecular complexity index is 1070. The number of carbonyl (C=O) groups is 1. The van der Waals surface area contributed by atoms with E-state index in [1.165, 1.54) is 13.2 Å². The molecule has 0 radical (unpaired) electrons. The molecule has 0 saturated heterocycles. The van der Waals surface area contributed by atoms with Crippen LogP contribution in [0.4, 0.5) is 8.78 Å². The molecular weight excluding hydrogens is 402 g/mol. The maximum Gasteiger partial charge on any atom is 0.279 e. The van der Waals surface area contributed by atoms with E-state index in [1.54, 1.807) is 28.5 Å². The molecule has 4 nitrogen and oxygen atoms in total. The molecule has 28 heavy (non-hydrogen) atoms. The fourth-order valence-electron chi connectivity index (χ4n) is 2.73. The average Bonchev–Trinajstić information content (AvgIpc) is 2.96. The number of hydrogen-bond acceptors (Lipinski definition) is 4. The fourth-order valence-corrected chi connectivity index (χ4v) is 4.72. The zero-order valence-electron chi connectivity index (χ0n) is 15.7. The molecule has 0 bridgehead atoms. The minimum atomic E-state index is -0.688. The van der Waals surface area contributed by atoms with E-state index >= 15 is 0 Å². The van der Waals surface area contributed by atoms with Gasteiger partial charge in [-0.15, -0.1) is 11.8 Å². The lowest BCUT2D eigenvalue weighted by Crippen LogP contribution is -2.20. The predicted octanol–water partition coefficient (Wildman–Crippen LogP) is 4.87. The number of thiazole rings is 1. The van der Waals surface area contributed by atoms with E-state index in [-0.39, 0.29) is 5.52 Å². The summed E-state index contributed by atoms with van der Waals surface area (Å²) in [6, 6.07) is 9.32. The maximum atomic E-state index is 14.4. The number of methoxy groups -OCH3 is 1. The van der Waals surface area contributed by atoms with Crippen LogP contribution in [0.3, 0.4) is 0 Å². The number of halogens is 2. The van der Waals surface area contributed by atoms with Gasteiger partial charge >= 0.3 is 0 Å². The van der Waals surface area contributed by atoms with Crippen LogP contribution in [0.15, 0.2) is 46.3 Å². The van der Waals surface area contributed by atoms with Crippen molar-refractivity contribution in [1.82, 2.24) is 4.57 Å². The molecule has 0 fully saturated rings. The first-order valence-electron chi connectivity index (χ1n) is 8.72. The highest BCUT2D eigenvalue weighted by molar-refractivity contribution is 7.99. The van der Waals surface area contributed by atoms with E-state index in [1.807, 2.05) is 12.1 Å². The molecule has 148 valence electrons. The van der Waals surface area contributed by atoms with Crippen LogP contribution in [-0.4, -0.2) is 29.4 Å². The Balaban J connectivity index is 2.07. The second-order valence-electron chi connectivity index (χ2n) is 6.37. The average molecular weight is 423 g/mol. The van der Waals surface area contributed by atoms with Crippen LogP contribution in [0, 0.1) is 11.6 Å². The Labute approximate surface area is 169 Å². The van der Waals surface area contributed by atoms with Crippen LogP contribution < -0.4 is 4.80 Å². The summed E-state index contributed by atoms with van der Waals surface area (Å²) in [4.78, 5) is 18.2. The third kappa shape index (κ3) is 4.68. The largest absolute Gasteiger partial charge is 0.383 e. The minimum absolute atomic E-state index is 0.221. The molecule has 8 heteroatoms. The van der Waals surface area contributed by atoms with Crippen molar-refractivity contribution in [3.63, 3.8) is 0 Å². The van der Waals surface area contributed by atoms with E-state index < -0.39 is 17.5 Å². The number of hydrogen-bond donors (Lipinski definition) is 0. The molecule has 1 aromatic heterocycles. The van der Waals surface area contributed by atoms with Crippen molar-refractivity contribution >= 4 is 39.2 Å². The van der Waals surface area contributed by atoms with Gasteiger partial charge in [0.1, 0.15) is 5.82 Å². The molecule has 0 atom stereocenters. The zero-order valence-corrected chi connectivity index (χ0v) is 17.4. The van der Waals surface area contributed by atoms with Crippen molar-refractivity contribution in [3.05, 3.63) is 58.4 Å². The molecule has 1 amide bonds. The molecule has 3 aromatic rings. The second-order valence-corrected chi connectivity index (χ2v) is 9.03. The maximum absolute atomic E-state index is 14.4. The van der Waals surface area contributed by atoms with Gasteiger partial charge in [-0.3, -0.25) is 4.79 Å². The fraction of sp³-hybridized carbons (Fsp3) is 0.300. The molecule has 0 N–H and O–H groups in total.